The quantitative estimate of drug-likeness (QED) is 0.00971. The number of H-pyrrole nitrogens is 2. The number of carbonyl (C=O) groups is 2. The molecule has 4 heterocycles. The van der Waals surface area contributed by atoms with E-state index in [-0.39, 0.29) is 248 Å². The molecule has 0 radical (unpaired) electrons. The van der Waals surface area contributed by atoms with Crippen LogP contribution < -0.4 is 288 Å². The Kier molecular flexibility index (Phi) is 37.6. The average molecular weight is 1950 g/mol. The molecular weight excluding hydrogens is 1910 g/mol. The summed E-state index contributed by atoms with van der Waals surface area (Å²) in [6.45, 7) is 0. The standard InChI is InChI=1S/C64H42N16O30S8.8Na/c81-53-49-31(23-47(115(99,100)101)51(53)77-75-41-17-15-37-39(55(41)117(105,106)107)7-1-9-45(37)113(93,94)95)21-35(111(87,88)89)25-43(49)67-61-69-59(71-63(73-61)79-19-3-5-29(27-79)57(83)84)65-33-11-13-34(14-12-33)66-60-70-62(74-64(72-60)80-20-4-6-30(28-80)58(85)86)68-44-26-36(112(90,91)92)22-32-24-48(116(102,103)104)52(54(82)50(32)44)78-76-42-18-16-38-40(56(42)118(108,109)110)8-2-10-46(38)114(96,97)98;;;;;;;;/h1-28H,(H14-2,65,66,67,68,69,70,71,72,73,74,75,76,77,78,81,82,83,84,85,86,87,88,89,90,91,92,93,94,95,96,97,98,99,100,101,102,103,104,105,106,107,108,109,110);;;;;;;;/q;8*+1/p-8. The molecule has 0 fully saturated rings. The van der Waals surface area contributed by atoms with Gasteiger partial charge in [-0.25, -0.2) is 69.6 Å². The van der Waals surface area contributed by atoms with Gasteiger partial charge in [0.1, 0.15) is 76.2 Å². The van der Waals surface area contributed by atoms with E-state index in [9.17, 15) is 134 Å². The van der Waals surface area contributed by atoms with Gasteiger partial charge in [0.15, 0.2) is 0 Å². The fraction of sp³-hybridized carbons (Fsp3) is 0. The van der Waals surface area contributed by atoms with Crippen molar-refractivity contribution in [3.05, 3.63) is 193 Å². The van der Waals surface area contributed by atoms with E-state index >= 15 is 0 Å². The third-order valence-corrected chi connectivity index (χ3v) is 23.5. The Hall–Kier alpha value is -5.44. The molecule has 0 unspecified atom stereocenters. The van der Waals surface area contributed by atoms with Crippen molar-refractivity contribution in [3.8, 4) is 23.4 Å². The van der Waals surface area contributed by atoms with Crippen LogP contribution in [0.25, 0.3) is 55.0 Å². The predicted octanol–water partition coefficient (Wildman–Crippen LogP) is -24.8. The van der Waals surface area contributed by atoms with Gasteiger partial charge in [-0.15, -0.1) is 20.2 Å². The number of rotatable bonds is 21. The number of allylic oxidation sites excluding steroid dienone is 4. The summed E-state index contributed by atoms with van der Waals surface area (Å²) < 4.78 is 301. The van der Waals surface area contributed by atoms with Gasteiger partial charge in [-0.05, 0) is 130 Å². The maximum absolute atomic E-state index is 14.8. The summed E-state index contributed by atoms with van der Waals surface area (Å²) in [5.41, 5.74) is -5.01. The maximum Gasteiger partial charge on any atom is 1.00 e. The van der Waals surface area contributed by atoms with Gasteiger partial charge in [-0.3, -0.25) is 14.5 Å². The van der Waals surface area contributed by atoms with Crippen LogP contribution in [-0.2, 0) is 80.9 Å². The predicted molar refractivity (Wildman–Crippen MR) is 381 cm³/mol. The molecule has 0 aliphatic heterocycles. The average Bonchev–Trinajstić information content (AvgIpc) is 0.629. The molecule has 0 bridgehead atoms. The SMILES string of the molecule is O=C([O-])c1ccc[n+](-c2nc(N=C3C=CC(=Nc4nc(-[n+]5cccc(C(=O)[O-])c5)[nH]c(=Nc5cc(S(=O)(=O)[O-])cc6cc(S(=O)(=O)O)c(NNc7ccc8c(S(=O)(=O)[O-])cccc8c7S(=O)(=O)[O-])c([O-])c56)n4)C=C3)nc(=Nc3cc(S(=O)(=O)[O-])cc4cc(S(=O)(=O)O)c(N=Nc5ccc6c(S(=O)(=O)[O-])cccc6c5S(=O)(=O)[O-])c([O-])c34)[nH]2)c1.[Na+].[Na+].[Na+].[Na+].[Na+].[Na+].[Na+].[Na+]. The van der Waals surface area contributed by atoms with Gasteiger partial charge in [-0.2, -0.15) is 36.8 Å². The second-order valence-electron chi connectivity index (χ2n) is 24.0. The van der Waals surface area contributed by atoms with Crippen LogP contribution in [0.1, 0.15) is 20.7 Å². The van der Waals surface area contributed by atoms with Crippen LogP contribution in [0.15, 0.2) is 240 Å². The number of hydrazine groups is 1. The molecule has 1 aliphatic rings. The number of hydrogen-bond acceptors (Lipinski definition) is 40. The number of hydrogen-bond donors (Lipinski definition) is 6. The van der Waals surface area contributed by atoms with E-state index in [1.165, 1.54) is 48.8 Å². The number of aromatic carboxylic acids is 2. The Morgan fingerprint density at radius 1 is 0.397 bits per heavy atom. The first-order valence-corrected chi connectivity index (χ1v) is 42.8. The Morgan fingerprint density at radius 2 is 0.802 bits per heavy atom. The zero-order chi connectivity index (χ0) is 85.6. The van der Waals surface area contributed by atoms with Crippen molar-refractivity contribution in [1.82, 2.24) is 29.9 Å². The van der Waals surface area contributed by atoms with Gasteiger partial charge in [0.05, 0.1) is 106 Å². The molecular formula is C64H34N16Na8O30S8. The van der Waals surface area contributed by atoms with E-state index < -0.39 is 267 Å². The zero-order valence-electron chi connectivity index (χ0n) is 65.1. The molecule has 0 spiro atoms. The number of fused-ring (bicyclic) bond motifs is 4. The number of aromatic amines is 2. The molecule has 0 saturated heterocycles. The number of azo groups is 1. The van der Waals surface area contributed by atoms with Crippen molar-refractivity contribution in [3.63, 3.8) is 0 Å². The fourth-order valence-electron chi connectivity index (χ4n) is 11.6. The number of anilines is 2. The zero-order valence-corrected chi connectivity index (χ0v) is 87.7. The molecule has 12 aromatic rings. The van der Waals surface area contributed by atoms with E-state index in [0.29, 0.717) is 42.5 Å². The van der Waals surface area contributed by atoms with Crippen molar-refractivity contribution in [2.24, 2.45) is 30.2 Å². The summed E-state index contributed by atoms with van der Waals surface area (Å²) in [6.07, 6.45) is 9.03. The van der Waals surface area contributed by atoms with Crippen LogP contribution in [0.2, 0.25) is 0 Å². The van der Waals surface area contributed by atoms with Crippen molar-refractivity contribution >= 4 is 193 Å². The largest absolute Gasteiger partial charge is 1.00 e. The first kappa shape index (κ1) is 111. The van der Waals surface area contributed by atoms with Crippen LogP contribution in [-0.4, -0.2) is 157 Å². The molecule has 0 saturated carbocycles. The van der Waals surface area contributed by atoms with E-state index in [2.05, 4.69) is 71.0 Å². The molecule has 46 nitrogen and oxygen atoms in total. The van der Waals surface area contributed by atoms with Crippen LogP contribution in [0, 0.1) is 0 Å². The van der Waals surface area contributed by atoms with E-state index in [1.54, 1.807) is 0 Å². The van der Waals surface area contributed by atoms with Gasteiger partial charge >= 0.3 is 260 Å². The summed E-state index contributed by atoms with van der Waals surface area (Å²) in [6, 6.07) is 15.4. The smallest absolute Gasteiger partial charge is 0.871 e. The number of aromatic nitrogens is 8. The minimum Gasteiger partial charge on any atom is -0.871 e. The summed E-state index contributed by atoms with van der Waals surface area (Å²) >= 11 is 0. The Balaban J connectivity index is 0.00000352. The third-order valence-electron chi connectivity index (χ3n) is 16.5. The first-order valence-electron chi connectivity index (χ1n) is 31.4. The van der Waals surface area contributed by atoms with Crippen LogP contribution >= 0.6 is 0 Å². The van der Waals surface area contributed by atoms with Crippen LogP contribution in [0.5, 0.6) is 11.5 Å². The molecule has 606 valence electrons. The molecule has 62 heteroatoms. The summed E-state index contributed by atoms with van der Waals surface area (Å²) in [4.78, 5) is 53.6. The molecule has 8 aromatic carbocycles. The molecule has 0 atom stereocenters. The summed E-state index contributed by atoms with van der Waals surface area (Å²) in [7, 11) is -45.0. The van der Waals surface area contributed by atoms with Crippen molar-refractivity contribution in [2.75, 3.05) is 10.9 Å². The molecule has 13 rings (SSSR count). The van der Waals surface area contributed by atoms with Gasteiger partial charge in [0.25, 0.3) is 31.5 Å². The normalized spacial score (nSPS) is 12.8. The number of carboxylic acid groups (broad SMARTS) is 2. The second kappa shape index (κ2) is 42.6. The summed E-state index contributed by atoms with van der Waals surface area (Å²) in [5, 5.41) is 55.1. The number of nitrogens with zero attached hydrogens (tertiary/aromatic N) is 12. The fourth-order valence-corrected chi connectivity index (χ4v) is 17.0. The van der Waals surface area contributed by atoms with Gasteiger partial charge < -0.3 is 62.8 Å². The van der Waals surface area contributed by atoms with Crippen molar-refractivity contribution in [1.29, 1.82) is 0 Å². The minimum absolute atomic E-state index is 0. The Labute approximate surface area is 885 Å². The maximum atomic E-state index is 14.8. The minimum atomic E-state index is -5.79. The van der Waals surface area contributed by atoms with Crippen LogP contribution in [0.4, 0.5) is 46.0 Å². The van der Waals surface area contributed by atoms with Gasteiger partial charge in [-0.1, -0.05) is 47.9 Å². The number of pyridine rings is 2. The molecule has 0 amide bonds. The summed E-state index contributed by atoms with van der Waals surface area (Å²) in [5.74, 6) is -9.01. The molecule has 6 N–H and O–H groups in total. The van der Waals surface area contributed by atoms with E-state index in [4.69, 9.17) is 0 Å². The number of nitrogens with one attached hydrogen (secondary N) is 4. The topological polar surface area (TPSA) is 767 Å². The second-order valence-corrected chi connectivity index (χ2v) is 34.9. The van der Waals surface area contributed by atoms with Crippen molar-refractivity contribution < 1.29 is 379 Å². The molecule has 126 heavy (non-hydrogen) atoms. The van der Waals surface area contributed by atoms with Crippen LogP contribution in [0.3, 0.4) is 0 Å². The Bertz CT molecular complexity index is 7890. The van der Waals surface area contributed by atoms with E-state index in [0.717, 1.165) is 88.3 Å². The van der Waals surface area contributed by atoms with E-state index in [1.807, 2.05) is 0 Å². The first-order chi connectivity index (χ1) is 55.0. The van der Waals surface area contributed by atoms with Crippen molar-refractivity contribution in [2.45, 2.75) is 39.2 Å². The number of benzene rings is 8. The number of carbonyl (C=O) groups excluding carboxylic acids is 2. The van der Waals surface area contributed by atoms with Gasteiger partial charge in [0.2, 0.25) is 0 Å². The number of carboxylic acids is 2. The third kappa shape index (κ3) is 24.9. The molecule has 1 aliphatic carbocycles. The molecule has 4 aromatic heterocycles. The number of aliphatic imine (C=N–C) groups is 2. The monoisotopic (exact) mass is 1950 g/mol. The van der Waals surface area contributed by atoms with Gasteiger partial charge in [0, 0.05) is 43.4 Å². The Morgan fingerprint density at radius 3 is 1.20 bits per heavy atom.